The van der Waals surface area contributed by atoms with Gasteiger partial charge in [0.15, 0.2) is 0 Å². The van der Waals surface area contributed by atoms with Crippen molar-refractivity contribution in [1.29, 1.82) is 0 Å². The number of ketones is 1. The summed E-state index contributed by atoms with van der Waals surface area (Å²) in [5.41, 5.74) is 0. The van der Waals surface area contributed by atoms with E-state index in [0.29, 0.717) is 47.8 Å². The van der Waals surface area contributed by atoms with Crippen LogP contribution in [0.1, 0.15) is 57.8 Å². The lowest BCUT2D eigenvalue weighted by molar-refractivity contribution is -0.174. The molecule has 0 spiro atoms. The van der Waals surface area contributed by atoms with E-state index in [0.717, 1.165) is 18.8 Å². The number of thioether (sulfide) groups is 2. The molecule has 2 saturated carbocycles. The van der Waals surface area contributed by atoms with Crippen LogP contribution in [0.25, 0.3) is 0 Å². The van der Waals surface area contributed by atoms with Crippen LogP contribution >= 0.6 is 23.5 Å². The quantitative estimate of drug-likeness (QED) is 0.277. The lowest BCUT2D eigenvalue weighted by Crippen LogP contribution is -2.34. The van der Waals surface area contributed by atoms with E-state index >= 15 is 0 Å². The summed E-state index contributed by atoms with van der Waals surface area (Å²) < 4.78 is 0. The molecule has 0 aromatic heterocycles. The predicted molar refractivity (Wildman–Crippen MR) is 106 cm³/mol. The number of rotatable bonds is 11. The van der Waals surface area contributed by atoms with Crippen LogP contribution in [0.4, 0.5) is 0 Å². The normalized spacial score (nSPS) is 24.8. The van der Waals surface area contributed by atoms with Gasteiger partial charge in [0.1, 0.15) is 5.78 Å². The predicted octanol–water partition coefficient (Wildman–Crippen LogP) is 3.44. The molecule has 26 heavy (non-hydrogen) atoms. The maximum atomic E-state index is 12.1. The number of carbonyl (C=O) groups is 2. The van der Waals surface area contributed by atoms with Gasteiger partial charge in [-0.15, -0.1) is 11.8 Å². The van der Waals surface area contributed by atoms with Crippen molar-refractivity contribution in [2.45, 2.75) is 68.2 Å². The van der Waals surface area contributed by atoms with Crippen LogP contribution in [-0.4, -0.2) is 48.9 Å². The van der Waals surface area contributed by atoms with Crippen LogP contribution < -0.4 is 0 Å². The zero-order chi connectivity index (χ0) is 19.0. The van der Waals surface area contributed by atoms with Crippen molar-refractivity contribution in [2.24, 2.45) is 11.8 Å². The third-order valence-electron chi connectivity index (χ3n) is 5.20. The van der Waals surface area contributed by atoms with Crippen molar-refractivity contribution in [3.63, 3.8) is 0 Å². The van der Waals surface area contributed by atoms with E-state index in [4.69, 9.17) is 5.11 Å². The first kappa shape index (κ1) is 21.8. The van der Waals surface area contributed by atoms with Crippen molar-refractivity contribution >= 4 is 35.3 Å². The molecule has 0 heterocycles. The van der Waals surface area contributed by atoms with Crippen LogP contribution in [0, 0.1) is 11.8 Å². The molecule has 0 aliphatic heterocycles. The minimum absolute atomic E-state index is 0.00443. The van der Waals surface area contributed by atoms with Gasteiger partial charge in [0.25, 0.3) is 0 Å². The van der Waals surface area contributed by atoms with Gasteiger partial charge in [-0.05, 0) is 49.0 Å². The van der Waals surface area contributed by atoms with E-state index in [1.807, 2.05) is 0 Å². The molecule has 0 unspecified atom stereocenters. The molecule has 2 atom stereocenters. The first-order valence-corrected chi connectivity index (χ1v) is 11.6. The van der Waals surface area contributed by atoms with E-state index in [1.54, 1.807) is 11.8 Å². The van der Waals surface area contributed by atoms with Crippen LogP contribution in [-0.2, 0) is 9.59 Å². The zero-order valence-corrected chi connectivity index (χ0v) is 16.8. The molecule has 148 valence electrons. The zero-order valence-electron chi connectivity index (χ0n) is 15.1. The molecule has 0 saturated heterocycles. The molecule has 0 radical (unpaired) electrons. The SMILES string of the molecule is O=C1CC[C@H](/C=C/CCC2CCCC2)[C@H]1SCCCSC(O)(O)C(=O)O. The fourth-order valence-corrected chi connectivity index (χ4v) is 5.92. The average molecular weight is 403 g/mol. The molecule has 0 aromatic carbocycles. The van der Waals surface area contributed by atoms with Gasteiger partial charge in [-0.1, -0.05) is 49.6 Å². The lowest BCUT2D eigenvalue weighted by Gasteiger charge is -2.17. The topological polar surface area (TPSA) is 94.8 Å². The third-order valence-corrected chi connectivity index (χ3v) is 7.76. The van der Waals surface area contributed by atoms with Crippen LogP contribution in [0.2, 0.25) is 0 Å². The summed E-state index contributed by atoms with van der Waals surface area (Å²) in [5.74, 6) is 0.892. The molecular formula is C19H30O5S2. The largest absolute Gasteiger partial charge is 0.477 e. The number of aliphatic carboxylic acids is 1. The lowest BCUT2D eigenvalue weighted by atomic mass is 10.0. The van der Waals surface area contributed by atoms with Gasteiger partial charge in [-0.25, -0.2) is 4.79 Å². The molecule has 7 heteroatoms. The smallest absolute Gasteiger partial charge is 0.375 e. The first-order chi connectivity index (χ1) is 12.4. The maximum absolute atomic E-state index is 12.1. The Morgan fingerprint density at radius 2 is 1.92 bits per heavy atom. The van der Waals surface area contributed by atoms with Gasteiger partial charge < -0.3 is 15.3 Å². The molecule has 2 fully saturated rings. The molecular weight excluding hydrogens is 372 g/mol. The van der Waals surface area contributed by atoms with E-state index in [-0.39, 0.29) is 5.25 Å². The Morgan fingerprint density at radius 1 is 1.19 bits per heavy atom. The monoisotopic (exact) mass is 402 g/mol. The second kappa shape index (κ2) is 10.7. The summed E-state index contributed by atoms with van der Waals surface area (Å²) in [6, 6.07) is 0. The highest BCUT2D eigenvalue weighted by molar-refractivity contribution is 8.01. The number of carboxylic acids is 1. The maximum Gasteiger partial charge on any atom is 0.375 e. The molecule has 0 aromatic rings. The third kappa shape index (κ3) is 6.91. The minimum Gasteiger partial charge on any atom is -0.477 e. The number of carbonyl (C=O) groups excluding carboxylic acids is 1. The van der Waals surface area contributed by atoms with Gasteiger partial charge in [0.05, 0.1) is 5.25 Å². The Kier molecular flexibility index (Phi) is 9.00. The molecule has 5 nitrogen and oxygen atoms in total. The van der Waals surface area contributed by atoms with Crippen molar-refractivity contribution in [1.82, 2.24) is 0 Å². The highest BCUT2D eigenvalue weighted by Crippen LogP contribution is 2.35. The van der Waals surface area contributed by atoms with Crippen LogP contribution in [0.15, 0.2) is 12.2 Å². The highest BCUT2D eigenvalue weighted by Gasteiger charge is 2.34. The summed E-state index contributed by atoms with van der Waals surface area (Å²) >= 11 is 2.22. The molecule has 2 aliphatic rings. The van der Waals surface area contributed by atoms with Crippen LogP contribution in [0.3, 0.4) is 0 Å². The summed E-state index contributed by atoms with van der Waals surface area (Å²) in [4.78, 5) is 22.7. The Labute approximate surface area is 164 Å². The second-order valence-electron chi connectivity index (χ2n) is 7.23. The number of allylic oxidation sites excluding steroid dienone is 2. The average Bonchev–Trinajstić information content (AvgIpc) is 3.22. The minimum atomic E-state index is -2.72. The molecule has 0 bridgehead atoms. The molecule has 2 rings (SSSR count). The number of hydrogen-bond acceptors (Lipinski definition) is 6. The Balaban J connectivity index is 1.65. The summed E-state index contributed by atoms with van der Waals surface area (Å²) in [7, 11) is 0. The summed E-state index contributed by atoms with van der Waals surface area (Å²) in [6.07, 6.45) is 14.5. The van der Waals surface area contributed by atoms with E-state index in [1.165, 1.54) is 32.1 Å². The van der Waals surface area contributed by atoms with Crippen molar-refractivity contribution in [3.8, 4) is 0 Å². The Hall–Kier alpha value is -0.500. The highest BCUT2D eigenvalue weighted by atomic mass is 32.2. The van der Waals surface area contributed by atoms with Gasteiger partial charge in [-0.3, -0.25) is 4.79 Å². The number of carboxylic acid groups (broad SMARTS) is 1. The van der Waals surface area contributed by atoms with E-state index in [2.05, 4.69) is 12.2 Å². The van der Waals surface area contributed by atoms with Gasteiger partial charge in [0.2, 0.25) is 0 Å². The van der Waals surface area contributed by atoms with Crippen molar-refractivity contribution < 1.29 is 24.9 Å². The number of aliphatic hydroxyl groups is 2. The van der Waals surface area contributed by atoms with Crippen molar-refractivity contribution in [3.05, 3.63) is 12.2 Å². The Morgan fingerprint density at radius 3 is 2.62 bits per heavy atom. The van der Waals surface area contributed by atoms with Gasteiger partial charge >= 0.3 is 11.1 Å². The van der Waals surface area contributed by atoms with Crippen LogP contribution in [0.5, 0.6) is 0 Å². The fraction of sp³-hybridized carbons (Fsp3) is 0.789. The second-order valence-corrected chi connectivity index (χ2v) is 9.75. The Bertz CT molecular complexity index is 500. The van der Waals surface area contributed by atoms with Crippen molar-refractivity contribution in [2.75, 3.05) is 11.5 Å². The van der Waals surface area contributed by atoms with Gasteiger partial charge in [-0.2, -0.15) is 0 Å². The molecule has 2 aliphatic carbocycles. The van der Waals surface area contributed by atoms with Gasteiger partial charge in [0, 0.05) is 6.42 Å². The first-order valence-electron chi connectivity index (χ1n) is 9.53. The summed E-state index contributed by atoms with van der Waals surface area (Å²) in [6.45, 7) is 0. The summed E-state index contributed by atoms with van der Waals surface area (Å²) in [5, 5.41) is 24.4. The molecule has 0 amide bonds. The fourth-order valence-electron chi connectivity index (χ4n) is 3.70. The standard InChI is InChI=1S/C19H30O5S2/c20-16-11-10-15(9-4-3-8-14-6-1-2-7-14)17(16)25-12-5-13-26-19(23,24)18(21)22/h4,9,14-15,17,23-24H,1-3,5-8,10-13H2,(H,21,22)/b9-4+/t15-,17+/m0/s1. The van der Waals surface area contributed by atoms with E-state index < -0.39 is 11.1 Å². The number of hydrogen-bond donors (Lipinski definition) is 3. The molecule has 3 N–H and O–H groups in total. The number of Topliss-reactive ketones (excluding diaryl/α,β-unsaturated/α-hetero) is 1. The van der Waals surface area contributed by atoms with E-state index in [9.17, 15) is 19.8 Å².